The number of hydrogen-bond acceptors (Lipinski definition) is 2. The highest BCUT2D eigenvalue weighted by atomic mass is 79.9. The number of carbonyl (C=O) groups is 1. The molecule has 0 unspecified atom stereocenters. The third kappa shape index (κ3) is 5.65. The smallest absolute Gasteiger partial charge is 0.225 e. The summed E-state index contributed by atoms with van der Waals surface area (Å²) >= 11 is 3.41. The lowest BCUT2D eigenvalue weighted by Crippen LogP contribution is -2.25. The summed E-state index contributed by atoms with van der Waals surface area (Å²) in [6, 6.07) is 7.65. The number of amides is 1. The molecule has 0 bridgehead atoms. The number of halogens is 1. The number of unbranched alkanes of at least 4 members (excludes halogenated alkanes) is 1. The van der Waals surface area contributed by atoms with Crippen molar-refractivity contribution < 1.29 is 4.79 Å². The van der Waals surface area contributed by atoms with E-state index in [9.17, 15) is 4.79 Å². The maximum absolute atomic E-state index is 11.8. The maximum atomic E-state index is 11.8. The van der Waals surface area contributed by atoms with Crippen LogP contribution in [0.25, 0.3) is 0 Å². The lowest BCUT2D eigenvalue weighted by atomic mass is 10.3. The minimum absolute atomic E-state index is 0.0604. The van der Waals surface area contributed by atoms with E-state index >= 15 is 0 Å². The van der Waals surface area contributed by atoms with Gasteiger partial charge in [-0.1, -0.05) is 25.5 Å². The molecule has 1 amide bonds. The van der Waals surface area contributed by atoms with E-state index in [1.807, 2.05) is 24.3 Å². The number of hydrogen-bond donors (Lipinski definition) is 1. The van der Waals surface area contributed by atoms with Gasteiger partial charge in [-0.15, -0.1) is 0 Å². The van der Waals surface area contributed by atoms with Crippen molar-refractivity contribution in [3.8, 4) is 0 Å². The van der Waals surface area contributed by atoms with Gasteiger partial charge in [-0.05, 0) is 48.1 Å². The summed E-state index contributed by atoms with van der Waals surface area (Å²) < 4.78 is 0.915. The van der Waals surface area contributed by atoms with Crippen LogP contribution in [-0.2, 0) is 4.79 Å². The van der Waals surface area contributed by atoms with Crippen molar-refractivity contribution in [1.82, 2.24) is 4.90 Å². The molecule has 4 heteroatoms. The van der Waals surface area contributed by atoms with Gasteiger partial charge in [0.2, 0.25) is 5.91 Å². The van der Waals surface area contributed by atoms with E-state index in [1.54, 1.807) is 0 Å². The Morgan fingerprint density at radius 2 is 2.06 bits per heavy atom. The lowest BCUT2D eigenvalue weighted by molar-refractivity contribution is -0.116. The van der Waals surface area contributed by atoms with Crippen molar-refractivity contribution in [2.75, 3.05) is 25.5 Å². The first-order valence-corrected chi connectivity index (χ1v) is 7.15. The largest absolute Gasteiger partial charge is 0.325 e. The molecule has 0 aliphatic rings. The Labute approximate surface area is 118 Å². The van der Waals surface area contributed by atoms with Gasteiger partial charge in [0.1, 0.15) is 0 Å². The Morgan fingerprint density at radius 3 is 2.72 bits per heavy atom. The van der Waals surface area contributed by atoms with Crippen LogP contribution < -0.4 is 5.32 Å². The summed E-state index contributed by atoms with van der Waals surface area (Å²) in [5.74, 6) is 0.0604. The van der Waals surface area contributed by atoms with E-state index in [2.05, 4.69) is 40.1 Å². The van der Waals surface area contributed by atoms with Crippen LogP contribution in [0.5, 0.6) is 0 Å². The molecule has 0 saturated heterocycles. The molecular weight excluding hydrogens is 292 g/mol. The van der Waals surface area contributed by atoms with Crippen molar-refractivity contribution >= 4 is 27.5 Å². The molecular formula is C14H21BrN2O. The van der Waals surface area contributed by atoms with E-state index in [0.717, 1.165) is 23.2 Å². The van der Waals surface area contributed by atoms with Gasteiger partial charge >= 0.3 is 0 Å². The minimum atomic E-state index is 0.0604. The molecule has 0 fully saturated rings. The van der Waals surface area contributed by atoms with Crippen molar-refractivity contribution in [3.05, 3.63) is 28.7 Å². The Balaban J connectivity index is 2.32. The summed E-state index contributed by atoms with van der Waals surface area (Å²) in [7, 11) is 2.06. The Bertz CT molecular complexity index is 382. The quantitative estimate of drug-likeness (QED) is 0.835. The highest BCUT2D eigenvalue weighted by Crippen LogP contribution is 2.21. The van der Waals surface area contributed by atoms with Gasteiger partial charge in [0, 0.05) is 17.4 Å². The first kappa shape index (κ1) is 15.2. The molecule has 0 atom stereocenters. The van der Waals surface area contributed by atoms with Gasteiger partial charge in [-0.2, -0.15) is 0 Å². The molecule has 0 aliphatic heterocycles. The van der Waals surface area contributed by atoms with Crippen LogP contribution in [0.4, 0.5) is 5.69 Å². The van der Waals surface area contributed by atoms with Gasteiger partial charge in [0.25, 0.3) is 0 Å². The SMILES string of the molecule is CCCCN(C)CCC(=O)Nc1ccccc1Br. The summed E-state index contributed by atoms with van der Waals surface area (Å²) in [4.78, 5) is 14.0. The van der Waals surface area contributed by atoms with Crippen molar-refractivity contribution in [3.63, 3.8) is 0 Å². The van der Waals surface area contributed by atoms with E-state index in [0.29, 0.717) is 6.42 Å². The molecule has 18 heavy (non-hydrogen) atoms. The summed E-state index contributed by atoms with van der Waals surface area (Å²) in [6.07, 6.45) is 2.90. The third-order valence-corrected chi connectivity index (χ3v) is 3.45. The minimum Gasteiger partial charge on any atom is -0.325 e. The van der Waals surface area contributed by atoms with Crippen LogP contribution in [0.2, 0.25) is 0 Å². The van der Waals surface area contributed by atoms with Crippen LogP contribution in [0, 0.1) is 0 Å². The van der Waals surface area contributed by atoms with Gasteiger partial charge in [0.15, 0.2) is 0 Å². The standard InChI is InChI=1S/C14H21BrN2O/c1-3-4-10-17(2)11-9-14(18)16-13-8-6-5-7-12(13)15/h5-8H,3-4,9-11H2,1-2H3,(H,16,18). The first-order valence-electron chi connectivity index (χ1n) is 6.36. The van der Waals surface area contributed by atoms with Crippen molar-refractivity contribution in [2.24, 2.45) is 0 Å². The van der Waals surface area contributed by atoms with Gasteiger partial charge < -0.3 is 10.2 Å². The highest BCUT2D eigenvalue weighted by Gasteiger charge is 2.06. The molecule has 100 valence electrons. The third-order valence-electron chi connectivity index (χ3n) is 2.76. The zero-order valence-corrected chi connectivity index (χ0v) is 12.7. The number of rotatable bonds is 7. The number of carbonyl (C=O) groups excluding carboxylic acids is 1. The fraction of sp³-hybridized carbons (Fsp3) is 0.500. The molecule has 1 N–H and O–H groups in total. The number of anilines is 1. The fourth-order valence-electron chi connectivity index (χ4n) is 1.61. The van der Waals surface area contributed by atoms with Crippen LogP contribution >= 0.6 is 15.9 Å². The predicted octanol–water partition coefficient (Wildman–Crippen LogP) is 3.51. The molecule has 0 aliphatic carbocycles. The molecule has 0 aromatic heterocycles. The summed E-state index contributed by atoms with van der Waals surface area (Å²) in [5, 5.41) is 2.91. The zero-order valence-electron chi connectivity index (χ0n) is 11.1. The van der Waals surface area contributed by atoms with E-state index in [-0.39, 0.29) is 5.91 Å². The second-order valence-corrected chi connectivity index (χ2v) is 5.29. The highest BCUT2D eigenvalue weighted by molar-refractivity contribution is 9.10. The number of benzene rings is 1. The molecule has 1 aromatic rings. The number of nitrogens with one attached hydrogen (secondary N) is 1. The lowest BCUT2D eigenvalue weighted by Gasteiger charge is -2.15. The molecule has 0 saturated carbocycles. The average molecular weight is 313 g/mol. The molecule has 1 rings (SSSR count). The van der Waals surface area contributed by atoms with Crippen LogP contribution in [0.3, 0.4) is 0 Å². The molecule has 0 spiro atoms. The van der Waals surface area contributed by atoms with Gasteiger partial charge in [-0.3, -0.25) is 4.79 Å². The predicted molar refractivity (Wildman–Crippen MR) is 79.8 cm³/mol. The number of nitrogens with zero attached hydrogens (tertiary/aromatic N) is 1. The van der Waals surface area contributed by atoms with Gasteiger partial charge in [0.05, 0.1) is 5.69 Å². The molecule has 0 radical (unpaired) electrons. The van der Waals surface area contributed by atoms with E-state index < -0.39 is 0 Å². The van der Waals surface area contributed by atoms with Crippen LogP contribution in [-0.4, -0.2) is 30.9 Å². The first-order chi connectivity index (χ1) is 8.63. The second-order valence-electron chi connectivity index (χ2n) is 4.43. The molecule has 0 heterocycles. The van der Waals surface area contributed by atoms with Gasteiger partial charge in [-0.25, -0.2) is 0 Å². The van der Waals surface area contributed by atoms with Crippen LogP contribution in [0.1, 0.15) is 26.2 Å². The van der Waals surface area contributed by atoms with Crippen molar-refractivity contribution in [2.45, 2.75) is 26.2 Å². The monoisotopic (exact) mass is 312 g/mol. The topological polar surface area (TPSA) is 32.3 Å². The normalized spacial score (nSPS) is 10.7. The Kier molecular flexibility index (Phi) is 6.98. The summed E-state index contributed by atoms with van der Waals surface area (Å²) in [6.45, 7) is 4.03. The van der Waals surface area contributed by atoms with E-state index in [4.69, 9.17) is 0 Å². The molecule has 1 aromatic carbocycles. The number of para-hydroxylation sites is 1. The zero-order chi connectivity index (χ0) is 13.4. The summed E-state index contributed by atoms with van der Waals surface area (Å²) in [5.41, 5.74) is 0.832. The fourth-order valence-corrected chi connectivity index (χ4v) is 1.99. The van der Waals surface area contributed by atoms with E-state index in [1.165, 1.54) is 12.8 Å². The Hall–Kier alpha value is -0.870. The van der Waals surface area contributed by atoms with Crippen LogP contribution in [0.15, 0.2) is 28.7 Å². The maximum Gasteiger partial charge on any atom is 0.225 e. The second kappa shape index (κ2) is 8.27. The van der Waals surface area contributed by atoms with Crippen molar-refractivity contribution in [1.29, 1.82) is 0 Å². The Morgan fingerprint density at radius 1 is 1.33 bits per heavy atom. The molecule has 3 nitrogen and oxygen atoms in total. The average Bonchev–Trinajstić information content (AvgIpc) is 2.36.